The van der Waals surface area contributed by atoms with Gasteiger partial charge in [0.2, 0.25) is 0 Å². The Labute approximate surface area is 144 Å². The largest absolute Gasteiger partial charge is 1.00 e. The zero-order valence-corrected chi connectivity index (χ0v) is 15.9. The van der Waals surface area contributed by atoms with Gasteiger partial charge in [-0.25, -0.2) is 0 Å². The summed E-state index contributed by atoms with van der Waals surface area (Å²) in [5.74, 6) is 0.589. The zero-order valence-electron chi connectivity index (χ0n) is 15.0. The van der Waals surface area contributed by atoms with E-state index >= 15 is 0 Å². The second kappa shape index (κ2) is 8.52. The molecule has 1 aromatic carbocycles. The topological polar surface area (TPSA) is 17.1 Å². The van der Waals surface area contributed by atoms with E-state index in [0.29, 0.717) is 11.3 Å². The smallest absolute Gasteiger partial charge is 0.459 e. The zero-order chi connectivity index (χ0) is 15.5. The van der Waals surface area contributed by atoms with E-state index in [4.69, 9.17) is 0 Å². The van der Waals surface area contributed by atoms with Gasteiger partial charge in [-0.2, -0.15) is 6.16 Å². The summed E-state index contributed by atoms with van der Waals surface area (Å²) < 4.78 is 0. The van der Waals surface area contributed by atoms with Crippen molar-refractivity contribution in [2.24, 2.45) is 11.3 Å². The maximum Gasteiger partial charge on any atom is 1.00 e. The summed E-state index contributed by atoms with van der Waals surface area (Å²) in [5, 5.41) is 0. The summed E-state index contributed by atoms with van der Waals surface area (Å²) in [6.45, 7) is 15.2. The predicted molar refractivity (Wildman–Crippen MR) is 90.0 cm³/mol. The van der Waals surface area contributed by atoms with Gasteiger partial charge in [0.05, 0.1) is 0 Å². The van der Waals surface area contributed by atoms with Crippen LogP contribution < -0.4 is 18.9 Å². The Kier molecular flexibility index (Phi) is 8.49. The molecule has 0 saturated heterocycles. The molecule has 1 rings (SSSR count). The normalized spacial score (nSPS) is 13.3. The average Bonchev–Trinajstić information content (AvgIpc) is 2.30. The van der Waals surface area contributed by atoms with Crippen molar-refractivity contribution in [3.63, 3.8) is 0 Å². The first-order chi connectivity index (χ1) is 9.11. The van der Waals surface area contributed by atoms with Gasteiger partial charge in [-0.15, -0.1) is 0 Å². The Morgan fingerprint density at radius 2 is 1.67 bits per heavy atom. The van der Waals surface area contributed by atoms with Crippen molar-refractivity contribution in [2.45, 2.75) is 54.9 Å². The SMILES string of the molecule is Cc1ccc(C)c(C(=O)[P-]CC(C)CC(C)(C)C)c1C.[Li+]. The number of rotatable bonds is 5. The number of benzene rings is 1. The van der Waals surface area contributed by atoms with E-state index in [0.717, 1.165) is 31.4 Å². The fourth-order valence-electron chi connectivity index (χ4n) is 2.71. The molecule has 1 aromatic rings. The Morgan fingerprint density at radius 1 is 1.14 bits per heavy atom. The Morgan fingerprint density at radius 3 is 2.19 bits per heavy atom. The van der Waals surface area contributed by atoms with Gasteiger partial charge in [0.1, 0.15) is 0 Å². The van der Waals surface area contributed by atoms with Crippen molar-refractivity contribution in [1.82, 2.24) is 0 Å². The van der Waals surface area contributed by atoms with Crippen LogP contribution in [0.1, 0.15) is 61.2 Å². The monoisotopic (exact) mass is 298 g/mol. The van der Waals surface area contributed by atoms with Gasteiger partial charge in [-0.1, -0.05) is 45.7 Å². The summed E-state index contributed by atoms with van der Waals surface area (Å²) >= 11 is 0. The molecule has 1 atom stereocenters. The molecule has 0 amide bonds. The molecule has 0 aliphatic carbocycles. The van der Waals surface area contributed by atoms with E-state index in [1.165, 1.54) is 12.0 Å². The van der Waals surface area contributed by atoms with Crippen molar-refractivity contribution < 1.29 is 23.7 Å². The third-order valence-corrected chi connectivity index (χ3v) is 4.98. The molecule has 0 aliphatic heterocycles. The first-order valence-corrected chi connectivity index (χ1v) is 8.48. The predicted octanol–water partition coefficient (Wildman–Crippen LogP) is 2.77. The van der Waals surface area contributed by atoms with E-state index in [2.05, 4.69) is 53.7 Å². The summed E-state index contributed by atoms with van der Waals surface area (Å²) in [4.78, 5) is 12.5. The van der Waals surface area contributed by atoms with Crippen LogP contribution in [-0.4, -0.2) is 11.7 Å². The standard InChI is InChI=1S/C18H28OP.Li/c1-12(10-18(5,6)7)11-20-17(19)16-14(3)9-8-13(2)15(16)4;/h8-9,12H,10-11H2,1-7H3;/q-1;+1. The van der Waals surface area contributed by atoms with Crippen LogP contribution in [-0.2, 0) is 0 Å². The summed E-state index contributed by atoms with van der Waals surface area (Å²) in [7, 11) is 0.938. The van der Waals surface area contributed by atoms with Crippen LogP contribution in [0.25, 0.3) is 0 Å². The fraction of sp³-hybridized carbons (Fsp3) is 0.611. The molecule has 112 valence electrons. The molecular formula is C18H28LiOP. The quantitative estimate of drug-likeness (QED) is 0.603. The maximum atomic E-state index is 12.5. The van der Waals surface area contributed by atoms with Gasteiger partial charge in [-0.05, 0) is 54.9 Å². The maximum absolute atomic E-state index is 12.5. The van der Waals surface area contributed by atoms with Crippen LogP contribution in [0.3, 0.4) is 0 Å². The molecule has 0 spiro atoms. The minimum Gasteiger partial charge on any atom is -0.459 e. The Balaban J connectivity index is 0.00000400. The van der Waals surface area contributed by atoms with Gasteiger partial charge in [0.15, 0.2) is 0 Å². The number of carbonyl (C=O) groups is 1. The van der Waals surface area contributed by atoms with E-state index in [1.807, 2.05) is 6.92 Å². The van der Waals surface area contributed by atoms with Crippen LogP contribution in [0.2, 0.25) is 0 Å². The molecule has 21 heavy (non-hydrogen) atoms. The van der Waals surface area contributed by atoms with Crippen LogP contribution in [0.4, 0.5) is 0 Å². The van der Waals surface area contributed by atoms with Gasteiger partial charge in [-0.3, -0.25) is 0 Å². The number of carbonyl (C=O) groups excluding carboxylic acids is 1. The van der Waals surface area contributed by atoms with E-state index < -0.39 is 0 Å². The molecule has 0 bridgehead atoms. The number of hydrogen-bond donors (Lipinski definition) is 0. The van der Waals surface area contributed by atoms with E-state index in [1.54, 1.807) is 0 Å². The Bertz CT molecular complexity index is 489. The van der Waals surface area contributed by atoms with Crippen LogP contribution in [0.5, 0.6) is 0 Å². The molecular weight excluding hydrogens is 270 g/mol. The third kappa shape index (κ3) is 6.69. The minimum atomic E-state index is 0. The van der Waals surface area contributed by atoms with Gasteiger partial charge >= 0.3 is 18.9 Å². The second-order valence-electron chi connectivity index (χ2n) is 7.22. The molecule has 0 saturated carbocycles. The minimum absolute atomic E-state index is 0. The second-order valence-corrected chi connectivity index (χ2v) is 8.30. The first-order valence-electron chi connectivity index (χ1n) is 7.40. The van der Waals surface area contributed by atoms with Crippen LogP contribution in [0.15, 0.2) is 12.1 Å². The molecule has 1 unspecified atom stereocenters. The van der Waals surface area contributed by atoms with Crippen molar-refractivity contribution in [3.05, 3.63) is 34.4 Å². The van der Waals surface area contributed by atoms with Gasteiger partial charge < -0.3 is 13.4 Å². The van der Waals surface area contributed by atoms with Crippen LogP contribution >= 0.6 is 8.58 Å². The number of aryl methyl sites for hydroxylation is 2. The summed E-state index contributed by atoms with van der Waals surface area (Å²) in [5.41, 5.74) is 5.02. The van der Waals surface area contributed by atoms with E-state index in [9.17, 15) is 4.79 Å². The molecule has 0 aromatic heterocycles. The summed E-state index contributed by atoms with van der Waals surface area (Å²) in [6.07, 6.45) is 2.13. The summed E-state index contributed by atoms with van der Waals surface area (Å²) in [6, 6.07) is 4.16. The molecule has 0 fully saturated rings. The van der Waals surface area contributed by atoms with E-state index in [-0.39, 0.29) is 24.4 Å². The number of hydrogen-bond acceptors (Lipinski definition) is 1. The third-order valence-electron chi connectivity index (χ3n) is 3.67. The fourth-order valence-corrected chi connectivity index (χ4v) is 3.82. The van der Waals surface area contributed by atoms with Crippen molar-refractivity contribution in [3.8, 4) is 0 Å². The van der Waals surface area contributed by atoms with Crippen molar-refractivity contribution >= 4 is 14.1 Å². The molecule has 0 heterocycles. The van der Waals surface area contributed by atoms with Gasteiger partial charge in [0.25, 0.3) is 0 Å². The van der Waals surface area contributed by atoms with Gasteiger partial charge in [0, 0.05) is 5.52 Å². The molecule has 0 aliphatic rings. The first kappa shape index (κ1) is 20.9. The Hall–Kier alpha value is -0.0826. The van der Waals surface area contributed by atoms with Crippen LogP contribution in [0, 0.1) is 32.1 Å². The molecule has 1 nitrogen and oxygen atoms in total. The molecule has 0 radical (unpaired) electrons. The average molecular weight is 298 g/mol. The molecule has 0 N–H and O–H groups in total. The molecule has 3 heteroatoms. The van der Waals surface area contributed by atoms with Crippen molar-refractivity contribution in [1.29, 1.82) is 0 Å². The van der Waals surface area contributed by atoms with Crippen molar-refractivity contribution in [2.75, 3.05) is 6.16 Å².